The van der Waals surface area contributed by atoms with Crippen LogP contribution in [-0.2, 0) is 0 Å². The van der Waals surface area contributed by atoms with E-state index in [1.54, 1.807) is 18.2 Å². The second kappa shape index (κ2) is 2.97. The van der Waals surface area contributed by atoms with E-state index in [-0.39, 0.29) is 5.91 Å². The van der Waals surface area contributed by atoms with Crippen molar-refractivity contribution in [2.24, 2.45) is 0 Å². The highest BCUT2D eigenvalue weighted by Gasteiger charge is 2.23. The van der Waals surface area contributed by atoms with E-state index in [1.165, 1.54) is 0 Å². The van der Waals surface area contributed by atoms with Gasteiger partial charge in [0.2, 0.25) is 0 Å². The summed E-state index contributed by atoms with van der Waals surface area (Å²) in [5, 5.41) is 2.91. The average molecular weight is 160 g/mol. The predicted molar refractivity (Wildman–Crippen MR) is 45.8 cm³/mol. The van der Waals surface area contributed by atoms with Crippen molar-refractivity contribution in [3.05, 3.63) is 35.9 Å². The first-order valence-corrected chi connectivity index (χ1v) is 4.13. The van der Waals surface area contributed by atoms with Gasteiger partial charge < -0.3 is 5.32 Å². The second-order valence-electron chi connectivity index (χ2n) is 3.04. The van der Waals surface area contributed by atoms with Gasteiger partial charge in [-0.1, -0.05) is 12.1 Å². The van der Waals surface area contributed by atoms with Gasteiger partial charge in [-0.3, -0.25) is 4.79 Å². The van der Waals surface area contributed by atoms with E-state index in [4.69, 9.17) is 0 Å². The molecule has 1 radical (unpaired) electrons. The molecule has 2 rings (SSSR count). The first kappa shape index (κ1) is 7.35. The Morgan fingerprint density at radius 2 is 2.42 bits per heavy atom. The molecule has 61 valence electrons. The molecule has 0 spiro atoms. The molecule has 1 fully saturated rings. The third kappa shape index (κ3) is 1.64. The highest BCUT2D eigenvalue weighted by molar-refractivity contribution is 5.94. The zero-order chi connectivity index (χ0) is 8.39. The van der Waals surface area contributed by atoms with Crippen LogP contribution in [0.2, 0.25) is 0 Å². The SMILES string of the molecule is O=C(NC1CC1)c1c[c]ccc1. The van der Waals surface area contributed by atoms with E-state index < -0.39 is 0 Å². The summed E-state index contributed by atoms with van der Waals surface area (Å²) < 4.78 is 0. The molecule has 0 heterocycles. The van der Waals surface area contributed by atoms with Gasteiger partial charge in [0, 0.05) is 11.6 Å². The molecule has 1 aromatic rings. The number of amides is 1. The highest BCUT2D eigenvalue weighted by Crippen LogP contribution is 2.19. The summed E-state index contributed by atoms with van der Waals surface area (Å²) in [6.45, 7) is 0. The molecular weight excluding hydrogens is 150 g/mol. The van der Waals surface area contributed by atoms with Crippen molar-refractivity contribution in [1.82, 2.24) is 5.32 Å². The molecule has 2 nitrogen and oxygen atoms in total. The molecular formula is C10H10NO. The minimum absolute atomic E-state index is 0.0225. The lowest BCUT2D eigenvalue weighted by Gasteiger charge is -2.01. The standard InChI is InChI=1S/C10H10NO/c12-10(11-9-6-7-9)8-4-2-1-3-5-8/h1-2,4-5,9H,6-7H2,(H,11,12). The molecule has 0 aliphatic heterocycles. The maximum absolute atomic E-state index is 11.4. The van der Waals surface area contributed by atoms with Gasteiger partial charge in [-0.25, -0.2) is 0 Å². The molecule has 1 N–H and O–H groups in total. The van der Waals surface area contributed by atoms with Gasteiger partial charge in [0.05, 0.1) is 0 Å². The largest absolute Gasteiger partial charge is 0.349 e. The molecule has 0 unspecified atom stereocenters. The summed E-state index contributed by atoms with van der Waals surface area (Å²) in [6, 6.07) is 10.4. The van der Waals surface area contributed by atoms with Crippen molar-refractivity contribution in [3.63, 3.8) is 0 Å². The minimum atomic E-state index is 0.0225. The molecule has 1 aliphatic rings. The number of benzene rings is 1. The zero-order valence-electron chi connectivity index (χ0n) is 6.71. The predicted octanol–water partition coefficient (Wildman–Crippen LogP) is 1.38. The van der Waals surface area contributed by atoms with Crippen molar-refractivity contribution in [2.75, 3.05) is 0 Å². The quantitative estimate of drug-likeness (QED) is 0.695. The number of carbonyl (C=O) groups is 1. The number of hydrogen-bond donors (Lipinski definition) is 1. The van der Waals surface area contributed by atoms with Gasteiger partial charge in [-0.15, -0.1) is 0 Å². The normalized spacial score (nSPS) is 15.7. The fourth-order valence-electron chi connectivity index (χ4n) is 1.03. The van der Waals surface area contributed by atoms with Crippen molar-refractivity contribution in [3.8, 4) is 0 Å². The smallest absolute Gasteiger partial charge is 0.251 e. The Morgan fingerprint density at radius 1 is 1.58 bits per heavy atom. The number of carbonyl (C=O) groups excluding carboxylic acids is 1. The van der Waals surface area contributed by atoms with Crippen molar-refractivity contribution < 1.29 is 4.79 Å². The fourth-order valence-corrected chi connectivity index (χ4v) is 1.03. The lowest BCUT2D eigenvalue weighted by molar-refractivity contribution is 0.0951. The average Bonchev–Trinajstić information content (AvgIpc) is 2.90. The Labute approximate surface area is 71.6 Å². The van der Waals surface area contributed by atoms with Crippen LogP contribution in [0, 0.1) is 6.07 Å². The van der Waals surface area contributed by atoms with E-state index in [1.807, 2.05) is 6.07 Å². The summed E-state index contributed by atoms with van der Waals surface area (Å²) in [4.78, 5) is 11.4. The lowest BCUT2D eigenvalue weighted by Crippen LogP contribution is -2.25. The third-order valence-electron chi connectivity index (χ3n) is 1.88. The Hall–Kier alpha value is -1.31. The Balaban J connectivity index is 2.03. The number of rotatable bonds is 2. The van der Waals surface area contributed by atoms with E-state index in [9.17, 15) is 4.79 Å². The summed E-state index contributed by atoms with van der Waals surface area (Å²) >= 11 is 0. The van der Waals surface area contributed by atoms with Gasteiger partial charge >= 0.3 is 0 Å². The highest BCUT2D eigenvalue weighted by atomic mass is 16.1. The van der Waals surface area contributed by atoms with E-state index in [0.717, 1.165) is 12.8 Å². The van der Waals surface area contributed by atoms with Crippen LogP contribution in [0.4, 0.5) is 0 Å². The van der Waals surface area contributed by atoms with E-state index >= 15 is 0 Å². The molecule has 0 saturated heterocycles. The van der Waals surface area contributed by atoms with Crippen LogP contribution >= 0.6 is 0 Å². The monoisotopic (exact) mass is 160 g/mol. The fraction of sp³-hybridized carbons (Fsp3) is 0.300. The molecule has 0 bridgehead atoms. The molecule has 1 aromatic carbocycles. The molecule has 1 amide bonds. The van der Waals surface area contributed by atoms with Gasteiger partial charge in [0.25, 0.3) is 5.91 Å². The van der Waals surface area contributed by atoms with Crippen LogP contribution in [-0.4, -0.2) is 11.9 Å². The zero-order valence-corrected chi connectivity index (χ0v) is 6.71. The molecule has 0 aromatic heterocycles. The molecule has 1 saturated carbocycles. The molecule has 0 atom stereocenters. The van der Waals surface area contributed by atoms with Crippen molar-refractivity contribution in [1.29, 1.82) is 0 Å². The number of hydrogen-bond acceptors (Lipinski definition) is 1. The molecule has 2 heteroatoms. The van der Waals surface area contributed by atoms with Crippen molar-refractivity contribution in [2.45, 2.75) is 18.9 Å². The van der Waals surface area contributed by atoms with Gasteiger partial charge in [-0.05, 0) is 31.0 Å². The summed E-state index contributed by atoms with van der Waals surface area (Å²) in [6.07, 6.45) is 2.25. The minimum Gasteiger partial charge on any atom is -0.349 e. The Morgan fingerprint density at radius 3 is 3.00 bits per heavy atom. The number of nitrogens with one attached hydrogen (secondary N) is 1. The van der Waals surface area contributed by atoms with E-state index in [2.05, 4.69) is 11.4 Å². The van der Waals surface area contributed by atoms with Crippen LogP contribution < -0.4 is 5.32 Å². The van der Waals surface area contributed by atoms with Gasteiger partial charge in [0.15, 0.2) is 0 Å². The van der Waals surface area contributed by atoms with Gasteiger partial charge in [-0.2, -0.15) is 0 Å². The summed E-state index contributed by atoms with van der Waals surface area (Å²) in [7, 11) is 0. The Bertz CT molecular complexity index is 277. The van der Waals surface area contributed by atoms with Crippen LogP contribution in [0.1, 0.15) is 23.2 Å². The van der Waals surface area contributed by atoms with Crippen LogP contribution in [0.15, 0.2) is 24.3 Å². The molecule has 12 heavy (non-hydrogen) atoms. The maximum atomic E-state index is 11.4. The summed E-state index contributed by atoms with van der Waals surface area (Å²) in [5.41, 5.74) is 0.699. The van der Waals surface area contributed by atoms with Gasteiger partial charge in [0.1, 0.15) is 0 Å². The molecule has 1 aliphatic carbocycles. The third-order valence-corrected chi connectivity index (χ3v) is 1.88. The van der Waals surface area contributed by atoms with Crippen LogP contribution in [0.25, 0.3) is 0 Å². The Kier molecular flexibility index (Phi) is 1.82. The summed E-state index contributed by atoms with van der Waals surface area (Å²) in [5.74, 6) is 0.0225. The first-order valence-electron chi connectivity index (χ1n) is 4.13. The lowest BCUT2D eigenvalue weighted by atomic mass is 10.2. The van der Waals surface area contributed by atoms with Crippen LogP contribution in [0.5, 0.6) is 0 Å². The van der Waals surface area contributed by atoms with E-state index in [0.29, 0.717) is 11.6 Å². The topological polar surface area (TPSA) is 29.1 Å². The van der Waals surface area contributed by atoms with Crippen LogP contribution in [0.3, 0.4) is 0 Å². The maximum Gasteiger partial charge on any atom is 0.251 e. The first-order chi connectivity index (χ1) is 5.86. The van der Waals surface area contributed by atoms with Crippen molar-refractivity contribution >= 4 is 5.91 Å². The second-order valence-corrected chi connectivity index (χ2v) is 3.04.